The fourth-order valence-corrected chi connectivity index (χ4v) is 3.68. The molecule has 1 aliphatic carbocycles. The maximum Gasteiger partial charge on any atom is 0.247 e. The molecule has 6 heteroatoms. The van der Waals surface area contributed by atoms with Gasteiger partial charge in [-0.2, -0.15) is 0 Å². The average Bonchev–Trinajstić information content (AvgIpc) is 2.41. The predicted molar refractivity (Wildman–Crippen MR) is 78.0 cm³/mol. The summed E-state index contributed by atoms with van der Waals surface area (Å²) in [4.78, 5) is 13.4. The number of nitrogens with one attached hydrogen (secondary N) is 2. The van der Waals surface area contributed by atoms with Gasteiger partial charge in [-0.1, -0.05) is 32.6 Å². The molecule has 1 aromatic rings. The molecule has 112 valence electrons. The summed E-state index contributed by atoms with van der Waals surface area (Å²) in [5.74, 6) is 1.44. The third-order valence-corrected chi connectivity index (χ3v) is 5.50. The van der Waals surface area contributed by atoms with E-state index in [4.69, 9.17) is 0 Å². The van der Waals surface area contributed by atoms with Crippen LogP contribution < -0.4 is 10.3 Å². The monoisotopic (exact) mass is 298 g/mol. The lowest BCUT2D eigenvalue weighted by atomic mass is 9.81. The van der Waals surface area contributed by atoms with Crippen LogP contribution in [0.3, 0.4) is 0 Å². The van der Waals surface area contributed by atoms with E-state index in [-0.39, 0.29) is 10.5 Å². The molecule has 1 heterocycles. The minimum Gasteiger partial charge on any atom is -0.328 e. The number of rotatable bonds is 5. The molecule has 0 spiro atoms. The van der Waals surface area contributed by atoms with Crippen LogP contribution >= 0.6 is 0 Å². The summed E-state index contributed by atoms with van der Waals surface area (Å²) < 4.78 is 26.6. The van der Waals surface area contributed by atoms with Gasteiger partial charge in [0.2, 0.25) is 15.6 Å². The molecular formula is C14H22N2O3S. The van der Waals surface area contributed by atoms with E-state index in [1.807, 2.05) is 0 Å². The van der Waals surface area contributed by atoms with Crippen LogP contribution in [0.1, 0.15) is 39.0 Å². The Bertz CT molecular complexity index is 566. The third-order valence-electron chi connectivity index (χ3n) is 4.05. The van der Waals surface area contributed by atoms with Crippen molar-refractivity contribution in [1.29, 1.82) is 0 Å². The lowest BCUT2D eigenvalue weighted by Crippen LogP contribution is -2.27. The molecule has 0 saturated heterocycles. The Morgan fingerprint density at radius 1 is 1.25 bits per heavy atom. The summed E-state index contributed by atoms with van der Waals surface area (Å²) in [7, 11) is -3.51. The topological polar surface area (TPSA) is 79.0 Å². The second-order valence-electron chi connectivity index (χ2n) is 5.70. The van der Waals surface area contributed by atoms with Crippen molar-refractivity contribution in [3.05, 3.63) is 28.7 Å². The Labute approximate surface area is 119 Å². The molecule has 0 radical (unpaired) electrons. The highest BCUT2D eigenvalue weighted by Crippen LogP contribution is 2.29. The van der Waals surface area contributed by atoms with Gasteiger partial charge in [0, 0.05) is 18.8 Å². The van der Waals surface area contributed by atoms with Crippen molar-refractivity contribution < 1.29 is 8.42 Å². The summed E-state index contributed by atoms with van der Waals surface area (Å²) in [5.41, 5.74) is -0.305. The number of hydrogen-bond donors (Lipinski definition) is 2. The Hall–Kier alpha value is -1.14. The zero-order valence-corrected chi connectivity index (χ0v) is 12.6. The van der Waals surface area contributed by atoms with Crippen LogP contribution in [-0.4, -0.2) is 19.9 Å². The summed E-state index contributed by atoms with van der Waals surface area (Å²) in [6.07, 6.45) is 7.00. The SMILES string of the molecule is CC1CCC(CCNS(=O)(=O)c2ccc(=O)[nH]c2)CC1. The maximum absolute atomic E-state index is 12.0. The first-order chi connectivity index (χ1) is 9.47. The lowest BCUT2D eigenvalue weighted by Gasteiger charge is -2.26. The smallest absolute Gasteiger partial charge is 0.247 e. The van der Waals surface area contributed by atoms with Crippen molar-refractivity contribution in [1.82, 2.24) is 9.71 Å². The lowest BCUT2D eigenvalue weighted by molar-refractivity contribution is 0.278. The molecule has 0 unspecified atom stereocenters. The predicted octanol–water partition coefficient (Wildman–Crippen LogP) is 1.87. The number of aromatic nitrogens is 1. The van der Waals surface area contributed by atoms with E-state index in [0.717, 1.165) is 12.3 Å². The molecule has 0 bridgehead atoms. The zero-order chi connectivity index (χ0) is 14.6. The summed E-state index contributed by atoms with van der Waals surface area (Å²) >= 11 is 0. The molecule has 5 nitrogen and oxygen atoms in total. The van der Waals surface area contributed by atoms with E-state index in [2.05, 4.69) is 16.6 Å². The van der Waals surface area contributed by atoms with Crippen molar-refractivity contribution >= 4 is 10.0 Å². The van der Waals surface area contributed by atoms with Gasteiger partial charge in [-0.25, -0.2) is 13.1 Å². The molecular weight excluding hydrogens is 276 g/mol. The van der Waals surface area contributed by atoms with Gasteiger partial charge in [0.15, 0.2) is 0 Å². The maximum atomic E-state index is 12.0. The Morgan fingerprint density at radius 2 is 1.95 bits per heavy atom. The molecule has 0 aliphatic heterocycles. The molecule has 0 atom stereocenters. The van der Waals surface area contributed by atoms with Crippen molar-refractivity contribution in [2.45, 2.75) is 43.9 Å². The average molecular weight is 298 g/mol. The van der Waals surface area contributed by atoms with E-state index in [1.165, 1.54) is 44.0 Å². The molecule has 1 aliphatic rings. The van der Waals surface area contributed by atoms with Crippen molar-refractivity contribution in [3.63, 3.8) is 0 Å². The first-order valence-corrected chi connectivity index (χ1v) is 8.64. The Balaban J connectivity index is 1.84. The number of aromatic amines is 1. The molecule has 1 saturated carbocycles. The fourth-order valence-electron chi connectivity index (χ4n) is 2.66. The first-order valence-electron chi connectivity index (χ1n) is 7.16. The van der Waals surface area contributed by atoms with E-state index in [0.29, 0.717) is 12.5 Å². The van der Waals surface area contributed by atoms with Crippen LogP contribution in [0, 0.1) is 11.8 Å². The number of sulfonamides is 1. The van der Waals surface area contributed by atoms with E-state index >= 15 is 0 Å². The van der Waals surface area contributed by atoms with Gasteiger partial charge >= 0.3 is 0 Å². The van der Waals surface area contributed by atoms with Gasteiger partial charge in [-0.3, -0.25) is 4.79 Å². The van der Waals surface area contributed by atoms with Crippen LogP contribution in [0.4, 0.5) is 0 Å². The van der Waals surface area contributed by atoms with Gasteiger partial charge in [-0.15, -0.1) is 0 Å². The third kappa shape index (κ3) is 4.18. The van der Waals surface area contributed by atoms with Crippen molar-refractivity contribution in [3.8, 4) is 0 Å². The van der Waals surface area contributed by atoms with Gasteiger partial charge < -0.3 is 4.98 Å². The molecule has 2 N–H and O–H groups in total. The summed E-state index contributed by atoms with van der Waals surface area (Å²) in [6, 6.07) is 2.54. The van der Waals surface area contributed by atoms with Crippen LogP contribution in [0.2, 0.25) is 0 Å². The minimum atomic E-state index is -3.51. The zero-order valence-electron chi connectivity index (χ0n) is 11.8. The van der Waals surface area contributed by atoms with Crippen LogP contribution in [0.25, 0.3) is 0 Å². The second-order valence-corrected chi connectivity index (χ2v) is 7.47. The van der Waals surface area contributed by atoms with Gasteiger partial charge in [0.05, 0.1) is 4.90 Å². The molecule has 1 aromatic heterocycles. The minimum absolute atomic E-state index is 0.106. The highest BCUT2D eigenvalue weighted by Gasteiger charge is 2.19. The number of H-pyrrole nitrogens is 1. The summed E-state index contributed by atoms with van der Waals surface area (Å²) in [6.45, 7) is 2.73. The normalized spacial score (nSPS) is 23.6. The second kappa shape index (κ2) is 6.54. The van der Waals surface area contributed by atoms with E-state index in [9.17, 15) is 13.2 Å². The van der Waals surface area contributed by atoms with Gasteiger partial charge in [-0.05, 0) is 24.3 Å². The summed E-state index contributed by atoms with van der Waals surface area (Å²) in [5, 5.41) is 0. The molecule has 1 fully saturated rings. The van der Waals surface area contributed by atoms with Crippen LogP contribution in [0.5, 0.6) is 0 Å². The highest BCUT2D eigenvalue weighted by atomic mass is 32.2. The standard InChI is InChI=1S/C14H22N2O3S/c1-11-2-4-12(5-3-11)8-9-16-20(18,19)13-6-7-14(17)15-10-13/h6-7,10-12,16H,2-5,8-9H2,1H3,(H,15,17). The quantitative estimate of drug-likeness (QED) is 0.871. The van der Waals surface area contributed by atoms with Crippen molar-refractivity contribution in [2.75, 3.05) is 6.54 Å². The van der Waals surface area contributed by atoms with E-state index in [1.54, 1.807) is 0 Å². The van der Waals surface area contributed by atoms with Crippen LogP contribution in [0.15, 0.2) is 28.0 Å². The fraction of sp³-hybridized carbons (Fsp3) is 0.643. The highest BCUT2D eigenvalue weighted by molar-refractivity contribution is 7.89. The first kappa shape index (κ1) is 15.3. The number of hydrogen-bond acceptors (Lipinski definition) is 3. The van der Waals surface area contributed by atoms with E-state index < -0.39 is 10.0 Å². The molecule has 0 amide bonds. The largest absolute Gasteiger partial charge is 0.328 e. The van der Waals surface area contributed by atoms with Crippen molar-refractivity contribution in [2.24, 2.45) is 11.8 Å². The van der Waals surface area contributed by atoms with Crippen LogP contribution in [-0.2, 0) is 10.0 Å². The Kier molecular flexibility index (Phi) is 4.99. The van der Waals surface area contributed by atoms with Gasteiger partial charge in [0.1, 0.15) is 0 Å². The molecule has 0 aromatic carbocycles. The molecule has 2 rings (SSSR count). The molecule has 20 heavy (non-hydrogen) atoms. The van der Waals surface area contributed by atoms with Gasteiger partial charge in [0.25, 0.3) is 0 Å². The Morgan fingerprint density at radius 3 is 2.55 bits per heavy atom. The number of pyridine rings is 1.